The first-order valence-electron chi connectivity index (χ1n) is 5.94. The lowest BCUT2D eigenvalue weighted by atomic mass is 10.2. The van der Waals surface area contributed by atoms with Crippen LogP contribution in [0.15, 0.2) is 23.1 Å². The van der Waals surface area contributed by atoms with Crippen LogP contribution in [0.25, 0.3) is 0 Å². The molecule has 0 radical (unpaired) electrons. The van der Waals surface area contributed by atoms with Crippen molar-refractivity contribution in [3.05, 3.63) is 24.0 Å². The molecule has 0 saturated heterocycles. The third-order valence-electron chi connectivity index (χ3n) is 2.61. The predicted molar refractivity (Wildman–Crippen MR) is 70.1 cm³/mol. The van der Waals surface area contributed by atoms with Crippen LogP contribution < -0.4 is 10.5 Å². The van der Waals surface area contributed by atoms with Gasteiger partial charge in [-0.2, -0.15) is 0 Å². The quantitative estimate of drug-likeness (QED) is 0.782. The topological polar surface area (TPSA) is 72.2 Å². The molecule has 1 aromatic rings. The van der Waals surface area contributed by atoms with Crippen molar-refractivity contribution in [1.29, 1.82) is 0 Å². The molecule has 0 fully saturated rings. The van der Waals surface area contributed by atoms with Crippen LogP contribution in [0.4, 0.5) is 10.1 Å². The molecule has 0 bridgehead atoms. The Morgan fingerprint density at radius 1 is 1.44 bits per heavy atom. The number of nitrogen functional groups attached to an aromatic ring is 1. The Morgan fingerprint density at radius 2 is 2.11 bits per heavy atom. The normalized spacial score (nSPS) is 13.5. The molecule has 1 atom stereocenters. The molecule has 4 nitrogen and oxygen atoms in total. The number of nitrogens with two attached hydrogens (primary N) is 1. The van der Waals surface area contributed by atoms with E-state index in [0.717, 1.165) is 31.4 Å². The second kappa shape index (κ2) is 6.15. The standard InChI is InChI=1S/C12H19FN2O2S/c1-3-4-5-9(2)15-18(16,17)12-7-6-10(13)8-11(12)14/h6-9,15H,3-5,14H2,1-2H3. The minimum atomic E-state index is -3.68. The van der Waals surface area contributed by atoms with E-state index in [1.807, 2.05) is 6.92 Å². The second-order valence-corrected chi connectivity index (χ2v) is 6.03. The van der Waals surface area contributed by atoms with Crippen LogP contribution >= 0.6 is 0 Å². The number of anilines is 1. The van der Waals surface area contributed by atoms with Gasteiger partial charge in [0.1, 0.15) is 10.7 Å². The van der Waals surface area contributed by atoms with Crippen LogP contribution in [0, 0.1) is 5.82 Å². The fourth-order valence-electron chi connectivity index (χ4n) is 1.66. The fraction of sp³-hybridized carbons (Fsp3) is 0.500. The molecule has 102 valence electrons. The van der Waals surface area contributed by atoms with E-state index in [1.165, 1.54) is 6.07 Å². The Hall–Kier alpha value is -1.14. The molecule has 0 amide bonds. The summed E-state index contributed by atoms with van der Waals surface area (Å²) in [5, 5.41) is 0. The number of hydrogen-bond acceptors (Lipinski definition) is 3. The van der Waals surface area contributed by atoms with Crippen LogP contribution in [0.5, 0.6) is 0 Å². The number of rotatable bonds is 6. The van der Waals surface area contributed by atoms with Gasteiger partial charge in [0.15, 0.2) is 0 Å². The van der Waals surface area contributed by atoms with Crippen molar-refractivity contribution < 1.29 is 12.8 Å². The minimum absolute atomic E-state index is 0.0766. The molecule has 1 rings (SSSR count). The predicted octanol–water partition coefficient (Wildman–Crippen LogP) is 2.26. The highest BCUT2D eigenvalue weighted by Gasteiger charge is 2.19. The average molecular weight is 274 g/mol. The van der Waals surface area contributed by atoms with E-state index < -0.39 is 15.8 Å². The molecule has 1 aromatic carbocycles. The van der Waals surface area contributed by atoms with Gasteiger partial charge in [0, 0.05) is 6.04 Å². The average Bonchev–Trinajstić information content (AvgIpc) is 2.25. The summed E-state index contributed by atoms with van der Waals surface area (Å²) in [6.45, 7) is 3.84. The summed E-state index contributed by atoms with van der Waals surface area (Å²) in [6.07, 6.45) is 2.71. The molecule has 1 unspecified atom stereocenters. The van der Waals surface area contributed by atoms with E-state index in [2.05, 4.69) is 4.72 Å². The van der Waals surface area contributed by atoms with Crippen molar-refractivity contribution in [2.45, 2.75) is 44.0 Å². The summed E-state index contributed by atoms with van der Waals surface area (Å²) in [5.41, 5.74) is 5.45. The molecule has 0 aliphatic heterocycles. The molecule has 0 spiro atoms. The van der Waals surface area contributed by atoms with Gasteiger partial charge in [-0.05, 0) is 31.5 Å². The van der Waals surface area contributed by atoms with Crippen LogP contribution in [0.3, 0.4) is 0 Å². The molecule has 0 aliphatic carbocycles. The van der Waals surface area contributed by atoms with Gasteiger partial charge in [-0.15, -0.1) is 0 Å². The van der Waals surface area contributed by atoms with Gasteiger partial charge >= 0.3 is 0 Å². The second-order valence-electron chi connectivity index (χ2n) is 4.35. The Balaban J connectivity index is 2.86. The van der Waals surface area contributed by atoms with Crippen molar-refractivity contribution >= 4 is 15.7 Å². The van der Waals surface area contributed by atoms with Crippen LogP contribution in [-0.2, 0) is 10.0 Å². The number of nitrogens with one attached hydrogen (secondary N) is 1. The fourth-order valence-corrected chi connectivity index (χ4v) is 3.05. The zero-order valence-electron chi connectivity index (χ0n) is 10.6. The van der Waals surface area contributed by atoms with Gasteiger partial charge in [0.2, 0.25) is 10.0 Å². The maximum Gasteiger partial charge on any atom is 0.242 e. The molecule has 6 heteroatoms. The first-order valence-corrected chi connectivity index (χ1v) is 7.42. The van der Waals surface area contributed by atoms with Gasteiger partial charge in [0.05, 0.1) is 5.69 Å². The summed E-state index contributed by atoms with van der Waals surface area (Å²) in [6, 6.07) is 3.10. The van der Waals surface area contributed by atoms with E-state index in [4.69, 9.17) is 5.73 Å². The Morgan fingerprint density at radius 3 is 2.67 bits per heavy atom. The molecule has 0 aliphatic rings. The molecular weight excluding hydrogens is 255 g/mol. The molecular formula is C12H19FN2O2S. The van der Waals surface area contributed by atoms with E-state index in [9.17, 15) is 12.8 Å². The molecule has 0 heterocycles. The van der Waals surface area contributed by atoms with Gasteiger partial charge < -0.3 is 5.73 Å². The number of hydrogen-bond donors (Lipinski definition) is 2. The van der Waals surface area contributed by atoms with Crippen molar-refractivity contribution in [2.24, 2.45) is 0 Å². The highest BCUT2D eigenvalue weighted by Crippen LogP contribution is 2.19. The summed E-state index contributed by atoms with van der Waals surface area (Å²) in [5.74, 6) is -0.550. The molecule has 0 saturated carbocycles. The maximum absolute atomic E-state index is 12.9. The lowest BCUT2D eigenvalue weighted by molar-refractivity contribution is 0.534. The van der Waals surface area contributed by atoms with E-state index >= 15 is 0 Å². The van der Waals surface area contributed by atoms with Crippen molar-refractivity contribution in [2.75, 3.05) is 5.73 Å². The summed E-state index contributed by atoms with van der Waals surface area (Å²) in [7, 11) is -3.68. The third-order valence-corrected chi connectivity index (χ3v) is 4.27. The van der Waals surface area contributed by atoms with Crippen LogP contribution in [0.2, 0.25) is 0 Å². The first-order chi connectivity index (χ1) is 8.36. The van der Waals surface area contributed by atoms with Gasteiger partial charge in [0.25, 0.3) is 0 Å². The zero-order chi connectivity index (χ0) is 13.8. The van der Waals surface area contributed by atoms with Crippen molar-refractivity contribution in [1.82, 2.24) is 4.72 Å². The molecule has 18 heavy (non-hydrogen) atoms. The number of sulfonamides is 1. The van der Waals surface area contributed by atoms with Crippen LogP contribution in [-0.4, -0.2) is 14.5 Å². The Labute approximate surface area is 107 Å². The van der Waals surface area contributed by atoms with Gasteiger partial charge in [-0.1, -0.05) is 19.8 Å². The van der Waals surface area contributed by atoms with E-state index in [1.54, 1.807) is 6.92 Å². The molecule has 3 N–H and O–H groups in total. The number of halogens is 1. The van der Waals surface area contributed by atoms with Crippen molar-refractivity contribution in [3.8, 4) is 0 Å². The van der Waals surface area contributed by atoms with E-state index in [-0.39, 0.29) is 16.6 Å². The highest BCUT2D eigenvalue weighted by atomic mass is 32.2. The van der Waals surface area contributed by atoms with Crippen molar-refractivity contribution in [3.63, 3.8) is 0 Å². The summed E-state index contributed by atoms with van der Waals surface area (Å²) in [4.78, 5) is -0.0766. The first kappa shape index (κ1) is 14.9. The highest BCUT2D eigenvalue weighted by molar-refractivity contribution is 7.89. The summed E-state index contributed by atoms with van der Waals surface area (Å²) < 4.78 is 39.5. The number of unbranched alkanes of at least 4 members (excludes halogenated alkanes) is 1. The van der Waals surface area contributed by atoms with Crippen LogP contribution in [0.1, 0.15) is 33.1 Å². The largest absolute Gasteiger partial charge is 0.398 e. The lowest BCUT2D eigenvalue weighted by Crippen LogP contribution is -2.33. The summed E-state index contributed by atoms with van der Waals surface area (Å²) >= 11 is 0. The monoisotopic (exact) mass is 274 g/mol. The van der Waals surface area contributed by atoms with Gasteiger partial charge in [-0.25, -0.2) is 17.5 Å². The Kier molecular flexibility index (Phi) is 5.10. The molecule has 0 aromatic heterocycles. The minimum Gasteiger partial charge on any atom is -0.398 e. The van der Waals surface area contributed by atoms with E-state index in [0.29, 0.717) is 0 Å². The van der Waals surface area contributed by atoms with Gasteiger partial charge in [-0.3, -0.25) is 0 Å². The lowest BCUT2D eigenvalue weighted by Gasteiger charge is -2.14. The maximum atomic E-state index is 12.9. The SMILES string of the molecule is CCCCC(C)NS(=O)(=O)c1ccc(F)cc1N. The zero-order valence-corrected chi connectivity index (χ0v) is 11.4. The smallest absolute Gasteiger partial charge is 0.242 e. The number of benzene rings is 1. The third kappa shape index (κ3) is 3.96. The Bertz CT molecular complexity index is 503.